The highest BCUT2D eigenvalue weighted by Gasteiger charge is 2.20. The third kappa shape index (κ3) is 3.35. The van der Waals surface area contributed by atoms with Crippen LogP contribution in [0.3, 0.4) is 0 Å². The number of esters is 1. The first-order valence-corrected chi connectivity index (χ1v) is 6.28. The summed E-state index contributed by atoms with van der Waals surface area (Å²) in [5.41, 5.74) is 0.452. The van der Waals surface area contributed by atoms with Crippen molar-refractivity contribution in [3.05, 3.63) is 23.2 Å². The Bertz CT molecular complexity index is 481. The van der Waals surface area contributed by atoms with Gasteiger partial charge in [0.15, 0.2) is 0 Å². The molecule has 0 aliphatic carbocycles. The molecule has 1 saturated heterocycles. The van der Waals surface area contributed by atoms with Crippen LogP contribution in [0.15, 0.2) is 10.5 Å². The van der Waals surface area contributed by atoms with Crippen molar-refractivity contribution in [2.24, 2.45) is 0 Å². The number of furan rings is 1. The van der Waals surface area contributed by atoms with Crippen LogP contribution >= 0.6 is 0 Å². The van der Waals surface area contributed by atoms with E-state index in [1.807, 2.05) is 0 Å². The van der Waals surface area contributed by atoms with Crippen molar-refractivity contribution in [1.29, 1.82) is 0 Å². The summed E-state index contributed by atoms with van der Waals surface area (Å²) in [6.07, 6.45) is 1.45. The van der Waals surface area contributed by atoms with Gasteiger partial charge in [-0.1, -0.05) is 0 Å². The molecule has 6 nitrogen and oxygen atoms in total. The lowest BCUT2D eigenvalue weighted by molar-refractivity contribution is -0.119. The monoisotopic (exact) mass is 266 g/mol. The average Bonchev–Trinajstić information content (AvgIpc) is 2.95. The largest absolute Gasteiger partial charge is 0.465 e. The van der Waals surface area contributed by atoms with Gasteiger partial charge in [-0.05, 0) is 19.4 Å². The summed E-state index contributed by atoms with van der Waals surface area (Å²) >= 11 is 0. The Hall–Kier alpha value is -1.82. The SMILES string of the molecule is COC(=O)c1cc(CNCC2CCC(=O)N2)oc1C. The van der Waals surface area contributed by atoms with Crippen LogP contribution in [0.25, 0.3) is 0 Å². The van der Waals surface area contributed by atoms with Crippen molar-refractivity contribution in [3.8, 4) is 0 Å². The molecule has 1 atom stereocenters. The molecule has 1 aromatic heterocycles. The van der Waals surface area contributed by atoms with E-state index in [1.165, 1.54) is 7.11 Å². The molecule has 1 aromatic rings. The fourth-order valence-corrected chi connectivity index (χ4v) is 2.14. The first-order chi connectivity index (χ1) is 9.10. The van der Waals surface area contributed by atoms with E-state index in [4.69, 9.17) is 4.42 Å². The van der Waals surface area contributed by atoms with Crippen molar-refractivity contribution in [3.63, 3.8) is 0 Å². The first-order valence-electron chi connectivity index (χ1n) is 6.28. The van der Waals surface area contributed by atoms with Gasteiger partial charge in [-0.2, -0.15) is 0 Å². The Labute approximate surface area is 111 Å². The van der Waals surface area contributed by atoms with Gasteiger partial charge in [-0.3, -0.25) is 4.79 Å². The highest BCUT2D eigenvalue weighted by molar-refractivity contribution is 5.90. The van der Waals surface area contributed by atoms with E-state index >= 15 is 0 Å². The van der Waals surface area contributed by atoms with E-state index in [-0.39, 0.29) is 11.9 Å². The summed E-state index contributed by atoms with van der Waals surface area (Å²) in [5.74, 6) is 0.948. The number of carbonyl (C=O) groups excluding carboxylic acids is 2. The molecule has 2 heterocycles. The van der Waals surface area contributed by atoms with E-state index < -0.39 is 5.97 Å². The van der Waals surface area contributed by atoms with Crippen LogP contribution < -0.4 is 10.6 Å². The zero-order valence-corrected chi connectivity index (χ0v) is 11.1. The van der Waals surface area contributed by atoms with Gasteiger partial charge in [-0.15, -0.1) is 0 Å². The number of aryl methyl sites for hydroxylation is 1. The van der Waals surface area contributed by atoms with E-state index in [0.717, 1.165) is 6.42 Å². The highest BCUT2D eigenvalue weighted by Crippen LogP contribution is 2.15. The van der Waals surface area contributed by atoms with Crippen molar-refractivity contribution in [2.75, 3.05) is 13.7 Å². The van der Waals surface area contributed by atoms with Crippen LogP contribution in [0, 0.1) is 6.92 Å². The Morgan fingerprint density at radius 3 is 3.05 bits per heavy atom. The van der Waals surface area contributed by atoms with E-state index in [9.17, 15) is 9.59 Å². The van der Waals surface area contributed by atoms with Crippen molar-refractivity contribution in [1.82, 2.24) is 10.6 Å². The quantitative estimate of drug-likeness (QED) is 0.768. The van der Waals surface area contributed by atoms with Gasteiger partial charge < -0.3 is 19.8 Å². The molecule has 6 heteroatoms. The fraction of sp³-hybridized carbons (Fsp3) is 0.538. The highest BCUT2D eigenvalue weighted by atomic mass is 16.5. The molecule has 1 aliphatic heterocycles. The summed E-state index contributed by atoms with van der Waals surface area (Å²) in [6, 6.07) is 1.87. The van der Waals surface area contributed by atoms with Crippen LogP contribution in [0.2, 0.25) is 0 Å². The molecule has 1 fully saturated rings. The first kappa shape index (κ1) is 13.6. The molecule has 0 spiro atoms. The topological polar surface area (TPSA) is 80.6 Å². The Kier molecular flexibility index (Phi) is 4.21. The maximum Gasteiger partial charge on any atom is 0.341 e. The maximum absolute atomic E-state index is 11.4. The normalized spacial score (nSPS) is 18.4. The predicted octanol–water partition coefficient (Wildman–Crippen LogP) is 0.743. The lowest BCUT2D eigenvalue weighted by Gasteiger charge is -2.09. The van der Waals surface area contributed by atoms with Gasteiger partial charge in [0.1, 0.15) is 17.1 Å². The molecular weight excluding hydrogens is 248 g/mol. The second kappa shape index (κ2) is 5.88. The number of carbonyl (C=O) groups is 2. The molecular formula is C13H18N2O4. The minimum absolute atomic E-state index is 0.105. The van der Waals surface area contributed by atoms with E-state index in [2.05, 4.69) is 15.4 Å². The lowest BCUT2D eigenvalue weighted by atomic mass is 10.2. The Morgan fingerprint density at radius 1 is 1.63 bits per heavy atom. The summed E-state index contributed by atoms with van der Waals surface area (Å²) in [7, 11) is 1.34. The van der Waals surface area contributed by atoms with Gasteiger partial charge in [0, 0.05) is 19.0 Å². The molecule has 19 heavy (non-hydrogen) atoms. The van der Waals surface area contributed by atoms with Crippen molar-refractivity contribution >= 4 is 11.9 Å². The van der Waals surface area contributed by atoms with E-state index in [0.29, 0.717) is 36.6 Å². The summed E-state index contributed by atoms with van der Waals surface area (Å²) in [6.45, 7) is 2.94. The molecule has 0 radical (unpaired) electrons. The Morgan fingerprint density at radius 2 is 2.42 bits per heavy atom. The number of methoxy groups -OCH3 is 1. The number of rotatable bonds is 5. The van der Waals surface area contributed by atoms with Gasteiger partial charge in [-0.25, -0.2) is 4.79 Å². The zero-order valence-electron chi connectivity index (χ0n) is 11.1. The van der Waals surface area contributed by atoms with Gasteiger partial charge in [0.05, 0.1) is 13.7 Å². The standard InChI is InChI=1S/C13H18N2O4/c1-8-11(13(17)18-2)5-10(19-8)7-14-6-9-3-4-12(16)15-9/h5,9,14H,3-4,6-7H2,1-2H3,(H,15,16). The minimum atomic E-state index is -0.393. The predicted molar refractivity (Wildman–Crippen MR) is 67.7 cm³/mol. The number of hydrogen-bond donors (Lipinski definition) is 2. The summed E-state index contributed by atoms with van der Waals surface area (Å²) < 4.78 is 10.1. The molecule has 1 unspecified atom stereocenters. The van der Waals surface area contributed by atoms with Gasteiger partial charge >= 0.3 is 5.97 Å². The molecule has 0 saturated carbocycles. The number of ether oxygens (including phenoxy) is 1. The fourth-order valence-electron chi connectivity index (χ4n) is 2.14. The maximum atomic E-state index is 11.4. The summed E-state index contributed by atoms with van der Waals surface area (Å²) in [4.78, 5) is 22.5. The van der Waals surface area contributed by atoms with Crippen molar-refractivity contribution < 1.29 is 18.7 Å². The molecule has 0 bridgehead atoms. The second-order valence-corrected chi connectivity index (χ2v) is 4.61. The van der Waals surface area contributed by atoms with Crippen LogP contribution in [0.1, 0.15) is 34.7 Å². The van der Waals surface area contributed by atoms with E-state index in [1.54, 1.807) is 13.0 Å². The summed E-state index contributed by atoms with van der Waals surface area (Å²) in [5, 5.41) is 6.08. The second-order valence-electron chi connectivity index (χ2n) is 4.61. The number of hydrogen-bond acceptors (Lipinski definition) is 5. The smallest absolute Gasteiger partial charge is 0.341 e. The molecule has 1 amide bonds. The van der Waals surface area contributed by atoms with Gasteiger partial charge in [0.25, 0.3) is 0 Å². The van der Waals surface area contributed by atoms with Crippen LogP contribution in [0.4, 0.5) is 0 Å². The van der Waals surface area contributed by atoms with Crippen molar-refractivity contribution in [2.45, 2.75) is 32.4 Å². The lowest BCUT2D eigenvalue weighted by Crippen LogP contribution is -2.35. The van der Waals surface area contributed by atoms with Crippen LogP contribution in [-0.2, 0) is 16.1 Å². The Balaban J connectivity index is 1.83. The average molecular weight is 266 g/mol. The molecule has 1 aliphatic rings. The minimum Gasteiger partial charge on any atom is -0.465 e. The van der Waals surface area contributed by atoms with Crippen LogP contribution in [0.5, 0.6) is 0 Å². The zero-order chi connectivity index (χ0) is 13.8. The third-order valence-corrected chi connectivity index (χ3v) is 3.15. The third-order valence-electron chi connectivity index (χ3n) is 3.15. The molecule has 104 valence electrons. The van der Waals surface area contributed by atoms with Crippen LogP contribution in [-0.4, -0.2) is 31.6 Å². The molecule has 0 aromatic carbocycles. The molecule has 2 rings (SSSR count). The molecule has 2 N–H and O–H groups in total. The number of nitrogens with one attached hydrogen (secondary N) is 2. The van der Waals surface area contributed by atoms with Gasteiger partial charge in [0.2, 0.25) is 5.91 Å². The number of amides is 1.